The maximum absolute atomic E-state index is 13.0. The summed E-state index contributed by atoms with van der Waals surface area (Å²) in [4.78, 5) is 12.5. The summed E-state index contributed by atoms with van der Waals surface area (Å²) >= 11 is 0. The van der Waals surface area contributed by atoms with E-state index in [-0.39, 0.29) is 23.0 Å². The van der Waals surface area contributed by atoms with Crippen molar-refractivity contribution < 1.29 is 17.7 Å². The molecule has 3 rings (SSSR count). The molecule has 0 bridgehead atoms. The summed E-state index contributed by atoms with van der Waals surface area (Å²) < 4.78 is 31.3. The predicted molar refractivity (Wildman–Crippen MR) is 117 cm³/mol. The van der Waals surface area contributed by atoms with Crippen molar-refractivity contribution in [3.8, 4) is 11.3 Å². The molecule has 0 aliphatic carbocycles. The van der Waals surface area contributed by atoms with E-state index in [0.717, 1.165) is 23.2 Å². The molecule has 1 heterocycles. The highest BCUT2D eigenvalue weighted by molar-refractivity contribution is 7.91. The van der Waals surface area contributed by atoms with Crippen LogP contribution in [0.25, 0.3) is 11.3 Å². The highest BCUT2D eigenvalue weighted by Crippen LogP contribution is 2.29. The average molecular weight is 427 g/mol. The molecule has 0 saturated carbocycles. The van der Waals surface area contributed by atoms with Crippen molar-refractivity contribution >= 4 is 21.4 Å². The molecule has 6 nitrogen and oxygen atoms in total. The molecule has 0 spiro atoms. The Bertz CT molecular complexity index is 1180. The Morgan fingerprint density at radius 1 is 1.10 bits per heavy atom. The minimum Gasteiger partial charge on any atom is -0.356 e. The van der Waals surface area contributed by atoms with Crippen molar-refractivity contribution in [1.29, 1.82) is 0 Å². The second-order valence-electron chi connectivity index (χ2n) is 7.37. The fourth-order valence-electron chi connectivity index (χ4n) is 3.19. The lowest BCUT2D eigenvalue weighted by molar-refractivity contribution is -0.115. The first-order chi connectivity index (χ1) is 14.2. The SMILES string of the molecule is CCc1cccc(NC(=O)CCS(=O)(=O)c2cc(-c3onc(C)c3C)ccc2C)c1. The van der Waals surface area contributed by atoms with E-state index in [1.54, 1.807) is 25.1 Å². The minimum absolute atomic E-state index is 0.122. The average Bonchev–Trinajstić information content (AvgIpc) is 3.05. The van der Waals surface area contributed by atoms with Crippen LogP contribution in [0.3, 0.4) is 0 Å². The van der Waals surface area contributed by atoms with Crippen LogP contribution >= 0.6 is 0 Å². The van der Waals surface area contributed by atoms with Gasteiger partial charge in [0.25, 0.3) is 0 Å². The number of hydrogen-bond acceptors (Lipinski definition) is 5. The Kier molecular flexibility index (Phi) is 6.41. The molecular formula is C23H26N2O4S. The number of nitrogens with one attached hydrogen (secondary N) is 1. The van der Waals surface area contributed by atoms with Crippen LogP contribution in [0.5, 0.6) is 0 Å². The molecule has 0 unspecified atom stereocenters. The molecule has 1 aromatic heterocycles. The van der Waals surface area contributed by atoms with Crippen LogP contribution in [-0.4, -0.2) is 25.2 Å². The lowest BCUT2D eigenvalue weighted by Crippen LogP contribution is -2.18. The first-order valence-electron chi connectivity index (χ1n) is 9.86. The number of nitrogens with zero attached hydrogens (tertiary/aromatic N) is 1. The fraction of sp³-hybridized carbons (Fsp3) is 0.304. The van der Waals surface area contributed by atoms with Gasteiger partial charge in [0.2, 0.25) is 5.91 Å². The molecule has 0 saturated heterocycles. The number of amides is 1. The Labute approximate surface area is 177 Å². The van der Waals surface area contributed by atoms with Crippen LogP contribution in [0.1, 0.15) is 35.7 Å². The van der Waals surface area contributed by atoms with Crippen LogP contribution in [0.15, 0.2) is 51.9 Å². The van der Waals surface area contributed by atoms with Crippen LogP contribution in [0, 0.1) is 20.8 Å². The number of anilines is 1. The van der Waals surface area contributed by atoms with Crippen molar-refractivity contribution in [2.45, 2.75) is 45.4 Å². The second-order valence-corrected chi connectivity index (χ2v) is 9.45. The molecule has 2 aromatic carbocycles. The van der Waals surface area contributed by atoms with Gasteiger partial charge in [0.05, 0.1) is 16.3 Å². The quantitative estimate of drug-likeness (QED) is 0.595. The van der Waals surface area contributed by atoms with Gasteiger partial charge in [0.1, 0.15) is 0 Å². The van der Waals surface area contributed by atoms with Gasteiger partial charge in [-0.1, -0.05) is 36.3 Å². The van der Waals surface area contributed by atoms with Gasteiger partial charge in [-0.15, -0.1) is 0 Å². The zero-order valence-electron chi connectivity index (χ0n) is 17.7. The van der Waals surface area contributed by atoms with Crippen molar-refractivity contribution in [3.63, 3.8) is 0 Å². The van der Waals surface area contributed by atoms with Gasteiger partial charge in [-0.05, 0) is 56.5 Å². The highest BCUT2D eigenvalue weighted by Gasteiger charge is 2.21. The van der Waals surface area contributed by atoms with Crippen LogP contribution in [-0.2, 0) is 21.1 Å². The molecule has 7 heteroatoms. The molecule has 0 radical (unpaired) electrons. The van der Waals surface area contributed by atoms with Crippen LogP contribution in [0.2, 0.25) is 0 Å². The number of aromatic nitrogens is 1. The number of benzene rings is 2. The lowest BCUT2D eigenvalue weighted by atomic mass is 10.1. The molecule has 30 heavy (non-hydrogen) atoms. The monoisotopic (exact) mass is 426 g/mol. The molecule has 1 amide bonds. The van der Waals surface area contributed by atoms with E-state index in [9.17, 15) is 13.2 Å². The third kappa shape index (κ3) is 4.79. The molecule has 0 fully saturated rings. The van der Waals surface area contributed by atoms with Gasteiger partial charge in [-0.3, -0.25) is 4.79 Å². The highest BCUT2D eigenvalue weighted by atomic mass is 32.2. The lowest BCUT2D eigenvalue weighted by Gasteiger charge is -2.10. The van der Waals surface area contributed by atoms with Crippen LogP contribution < -0.4 is 5.32 Å². The standard InChI is InChI=1S/C23H26N2O4S/c1-5-18-7-6-8-20(13-18)24-22(26)11-12-30(27,28)21-14-19(10-9-15(21)2)23-16(3)17(4)25-29-23/h6-10,13-14H,5,11-12H2,1-4H3,(H,24,26). The van der Waals surface area contributed by atoms with E-state index >= 15 is 0 Å². The Hall–Kier alpha value is -2.93. The molecule has 0 atom stereocenters. The summed E-state index contributed by atoms with van der Waals surface area (Å²) in [6, 6.07) is 12.7. The summed E-state index contributed by atoms with van der Waals surface area (Å²) in [5.41, 5.74) is 4.69. The van der Waals surface area contributed by atoms with E-state index in [4.69, 9.17) is 4.52 Å². The molecule has 1 N–H and O–H groups in total. The Morgan fingerprint density at radius 3 is 2.53 bits per heavy atom. The molecule has 0 aliphatic heterocycles. The first kappa shape index (κ1) is 21.8. The van der Waals surface area contributed by atoms with Gasteiger partial charge in [0, 0.05) is 23.2 Å². The van der Waals surface area contributed by atoms with Crippen molar-refractivity contribution in [2.75, 3.05) is 11.1 Å². The Balaban J connectivity index is 1.76. The zero-order chi connectivity index (χ0) is 21.9. The van der Waals surface area contributed by atoms with Gasteiger partial charge >= 0.3 is 0 Å². The molecular weight excluding hydrogens is 400 g/mol. The summed E-state index contributed by atoms with van der Waals surface area (Å²) in [6.45, 7) is 7.49. The maximum Gasteiger partial charge on any atom is 0.225 e. The van der Waals surface area contributed by atoms with E-state index in [0.29, 0.717) is 22.6 Å². The van der Waals surface area contributed by atoms with Crippen LogP contribution in [0.4, 0.5) is 5.69 Å². The predicted octanol–water partition coefficient (Wildman–Crippen LogP) is 4.63. The molecule has 3 aromatic rings. The zero-order valence-corrected chi connectivity index (χ0v) is 18.5. The largest absolute Gasteiger partial charge is 0.356 e. The van der Waals surface area contributed by atoms with E-state index in [1.807, 2.05) is 45.0 Å². The molecule has 158 valence electrons. The number of aryl methyl sites for hydroxylation is 3. The van der Waals surface area contributed by atoms with Gasteiger partial charge in [0.15, 0.2) is 15.6 Å². The smallest absolute Gasteiger partial charge is 0.225 e. The van der Waals surface area contributed by atoms with Gasteiger partial charge < -0.3 is 9.84 Å². The first-order valence-corrected chi connectivity index (χ1v) is 11.5. The Morgan fingerprint density at radius 2 is 1.87 bits per heavy atom. The van der Waals surface area contributed by atoms with E-state index < -0.39 is 9.84 Å². The number of carbonyl (C=O) groups is 1. The normalized spacial score (nSPS) is 11.5. The van der Waals surface area contributed by atoms with Crippen molar-refractivity contribution in [2.24, 2.45) is 0 Å². The number of sulfone groups is 1. The van der Waals surface area contributed by atoms with E-state index in [2.05, 4.69) is 10.5 Å². The number of rotatable bonds is 7. The maximum atomic E-state index is 13.0. The third-order valence-corrected chi connectivity index (χ3v) is 7.01. The summed E-state index contributed by atoms with van der Waals surface area (Å²) in [5.74, 6) is -0.0507. The molecule has 0 aliphatic rings. The minimum atomic E-state index is -3.65. The van der Waals surface area contributed by atoms with Crippen molar-refractivity contribution in [3.05, 3.63) is 64.8 Å². The van der Waals surface area contributed by atoms with Crippen molar-refractivity contribution in [1.82, 2.24) is 5.16 Å². The summed E-state index contributed by atoms with van der Waals surface area (Å²) in [5, 5.41) is 6.72. The topological polar surface area (TPSA) is 89.3 Å². The van der Waals surface area contributed by atoms with E-state index in [1.165, 1.54) is 0 Å². The van der Waals surface area contributed by atoms with Gasteiger partial charge in [-0.25, -0.2) is 8.42 Å². The second kappa shape index (κ2) is 8.83. The third-order valence-electron chi connectivity index (χ3n) is 5.16. The fourth-order valence-corrected chi connectivity index (χ4v) is 4.73. The van der Waals surface area contributed by atoms with Gasteiger partial charge in [-0.2, -0.15) is 0 Å². The number of carbonyl (C=O) groups excluding carboxylic acids is 1. The summed E-state index contributed by atoms with van der Waals surface area (Å²) in [7, 11) is -3.65. The summed E-state index contributed by atoms with van der Waals surface area (Å²) in [6.07, 6.45) is 0.737. The number of hydrogen-bond donors (Lipinski definition) is 1.